The number of methoxy groups -OCH3 is 1. The van der Waals surface area contributed by atoms with E-state index in [2.05, 4.69) is 4.99 Å². The van der Waals surface area contributed by atoms with Crippen molar-refractivity contribution in [2.45, 2.75) is 6.92 Å². The molecule has 3 aromatic carbocycles. The van der Waals surface area contributed by atoms with Crippen LogP contribution >= 0.6 is 0 Å². The van der Waals surface area contributed by atoms with Gasteiger partial charge in [-0.15, -0.1) is 0 Å². The van der Waals surface area contributed by atoms with Crippen molar-refractivity contribution in [3.05, 3.63) is 100 Å². The Morgan fingerprint density at radius 1 is 1.03 bits per heavy atom. The number of ether oxygens (including phenoxy) is 3. The van der Waals surface area contributed by atoms with Gasteiger partial charge < -0.3 is 14.2 Å². The Bertz CT molecular complexity index is 1260. The Morgan fingerprint density at radius 3 is 2.53 bits per heavy atom. The number of nitrogens with zero attached hydrogens (tertiary/aromatic N) is 1. The first-order chi connectivity index (χ1) is 15.4. The molecule has 1 aliphatic rings. The molecule has 1 aliphatic heterocycles. The summed E-state index contributed by atoms with van der Waals surface area (Å²) in [7, 11) is 1.44. The fraction of sp³-hybridized carbons (Fsp3) is 0.0800. The molecule has 3 aromatic rings. The van der Waals surface area contributed by atoms with E-state index < -0.39 is 17.8 Å². The van der Waals surface area contributed by atoms with Crippen LogP contribution in [-0.2, 0) is 9.53 Å². The van der Waals surface area contributed by atoms with E-state index in [1.165, 1.54) is 31.4 Å². The molecule has 0 amide bonds. The van der Waals surface area contributed by atoms with Gasteiger partial charge in [0, 0.05) is 5.56 Å². The molecule has 160 valence electrons. The molecule has 1 heterocycles. The van der Waals surface area contributed by atoms with Crippen molar-refractivity contribution in [3.63, 3.8) is 0 Å². The minimum atomic E-state index is -0.655. The average Bonchev–Trinajstić information content (AvgIpc) is 3.15. The number of aryl methyl sites for hydroxylation is 1. The van der Waals surface area contributed by atoms with Crippen molar-refractivity contribution in [2.75, 3.05) is 7.11 Å². The molecule has 4 rings (SSSR count). The first-order valence-corrected chi connectivity index (χ1v) is 9.68. The fourth-order valence-electron chi connectivity index (χ4n) is 3.02. The van der Waals surface area contributed by atoms with Gasteiger partial charge in [-0.25, -0.2) is 19.0 Å². The molecule has 6 nitrogen and oxygen atoms in total. The third-order valence-electron chi connectivity index (χ3n) is 4.67. The minimum absolute atomic E-state index is 0.0244. The Labute approximate surface area is 183 Å². The van der Waals surface area contributed by atoms with Crippen molar-refractivity contribution in [1.82, 2.24) is 0 Å². The third-order valence-corrected chi connectivity index (χ3v) is 4.67. The maximum atomic E-state index is 13.4. The lowest BCUT2D eigenvalue weighted by Crippen LogP contribution is -2.09. The van der Waals surface area contributed by atoms with E-state index in [-0.39, 0.29) is 17.3 Å². The van der Waals surface area contributed by atoms with Crippen LogP contribution in [0.1, 0.15) is 27.0 Å². The first kappa shape index (κ1) is 21.0. The Hall–Kier alpha value is -4.26. The minimum Gasteiger partial charge on any atom is -0.493 e. The van der Waals surface area contributed by atoms with Gasteiger partial charge in [-0.1, -0.05) is 29.8 Å². The van der Waals surface area contributed by atoms with Crippen LogP contribution in [0.4, 0.5) is 4.39 Å². The van der Waals surface area contributed by atoms with E-state index >= 15 is 0 Å². The molecule has 32 heavy (non-hydrogen) atoms. The van der Waals surface area contributed by atoms with Crippen molar-refractivity contribution in [1.29, 1.82) is 0 Å². The van der Waals surface area contributed by atoms with Gasteiger partial charge in [-0.2, -0.15) is 0 Å². The van der Waals surface area contributed by atoms with Crippen LogP contribution in [0.2, 0.25) is 0 Å². The quantitative estimate of drug-likeness (QED) is 0.332. The van der Waals surface area contributed by atoms with Crippen molar-refractivity contribution in [2.24, 2.45) is 4.99 Å². The standard InChI is InChI=1S/C25H18FNO5/c1-15-6-9-17(10-7-15)24(28)31-21-11-8-16(13-22(21)30-2)12-20-25(29)32-23(27-20)18-4-3-5-19(26)14-18/h3-14H,1-2H3/b20-12+. The number of halogens is 1. The lowest BCUT2D eigenvalue weighted by molar-refractivity contribution is -0.129. The number of carbonyl (C=O) groups is 2. The number of aliphatic imine (C=N–C) groups is 1. The number of hydrogen-bond acceptors (Lipinski definition) is 6. The fourth-order valence-corrected chi connectivity index (χ4v) is 3.02. The lowest BCUT2D eigenvalue weighted by atomic mass is 10.1. The molecule has 0 atom stereocenters. The monoisotopic (exact) mass is 431 g/mol. The van der Waals surface area contributed by atoms with E-state index in [0.717, 1.165) is 5.56 Å². The van der Waals surface area contributed by atoms with Gasteiger partial charge in [0.2, 0.25) is 5.90 Å². The molecule has 0 spiro atoms. The smallest absolute Gasteiger partial charge is 0.363 e. The highest BCUT2D eigenvalue weighted by molar-refractivity contribution is 6.12. The van der Waals surface area contributed by atoms with E-state index in [9.17, 15) is 14.0 Å². The number of carbonyl (C=O) groups excluding carboxylic acids is 2. The van der Waals surface area contributed by atoms with Crippen LogP contribution in [0, 0.1) is 12.7 Å². The van der Waals surface area contributed by atoms with Gasteiger partial charge in [0.05, 0.1) is 12.7 Å². The zero-order chi connectivity index (χ0) is 22.7. The summed E-state index contributed by atoms with van der Waals surface area (Å²) >= 11 is 0. The normalized spacial score (nSPS) is 14.2. The summed E-state index contributed by atoms with van der Waals surface area (Å²) < 4.78 is 29.4. The second kappa shape index (κ2) is 8.85. The van der Waals surface area contributed by atoms with E-state index in [0.29, 0.717) is 22.4 Å². The maximum absolute atomic E-state index is 13.4. The number of hydrogen-bond donors (Lipinski definition) is 0. The third kappa shape index (κ3) is 4.57. The van der Waals surface area contributed by atoms with E-state index in [1.807, 2.05) is 19.1 Å². The van der Waals surface area contributed by atoms with Crippen molar-refractivity contribution in [3.8, 4) is 11.5 Å². The summed E-state index contributed by atoms with van der Waals surface area (Å²) in [5.74, 6) is -1.06. The van der Waals surface area contributed by atoms with Crippen LogP contribution < -0.4 is 9.47 Å². The highest BCUT2D eigenvalue weighted by atomic mass is 19.1. The molecule has 0 radical (unpaired) electrons. The van der Waals surface area contributed by atoms with Gasteiger partial charge in [0.25, 0.3) is 0 Å². The lowest BCUT2D eigenvalue weighted by Gasteiger charge is -2.10. The molecule has 0 bridgehead atoms. The number of rotatable bonds is 5. The Balaban J connectivity index is 1.57. The van der Waals surface area contributed by atoms with Crippen LogP contribution in [0.5, 0.6) is 11.5 Å². The molecule has 0 N–H and O–H groups in total. The molecular weight excluding hydrogens is 413 g/mol. The second-order valence-electron chi connectivity index (χ2n) is 7.01. The summed E-state index contributed by atoms with van der Waals surface area (Å²) in [6.07, 6.45) is 1.50. The van der Waals surface area contributed by atoms with Gasteiger partial charge in [0.15, 0.2) is 17.2 Å². The summed E-state index contributed by atoms with van der Waals surface area (Å²) in [5, 5.41) is 0. The zero-order valence-electron chi connectivity index (χ0n) is 17.3. The molecule has 0 aromatic heterocycles. The largest absolute Gasteiger partial charge is 0.493 e. The van der Waals surface area contributed by atoms with Crippen LogP contribution in [0.25, 0.3) is 6.08 Å². The van der Waals surface area contributed by atoms with Gasteiger partial charge in [-0.05, 0) is 61.0 Å². The Morgan fingerprint density at radius 2 is 1.81 bits per heavy atom. The Kier molecular flexibility index (Phi) is 5.81. The summed E-state index contributed by atoms with van der Waals surface area (Å²) in [5.41, 5.74) is 2.43. The van der Waals surface area contributed by atoms with Crippen LogP contribution in [-0.4, -0.2) is 24.9 Å². The molecule has 0 saturated heterocycles. The number of esters is 2. The number of benzene rings is 3. The molecule has 0 aliphatic carbocycles. The summed E-state index contributed by atoms with van der Waals surface area (Å²) in [4.78, 5) is 28.8. The summed E-state index contributed by atoms with van der Waals surface area (Å²) in [6, 6.07) is 17.4. The zero-order valence-corrected chi connectivity index (χ0v) is 17.3. The second-order valence-corrected chi connectivity index (χ2v) is 7.01. The van der Waals surface area contributed by atoms with Crippen molar-refractivity contribution < 1.29 is 28.2 Å². The van der Waals surface area contributed by atoms with Crippen LogP contribution in [0.3, 0.4) is 0 Å². The predicted octanol–water partition coefficient (Wildman–Crippen LogP) is 4.71. The molecule has 0 unspecified atom stereocenters. The van der Waals surface area contributed by atoms with Crippen LogP contribution in [0.15, 0.2) is 77.4 Å². The SMILES string of the molecule is COc1cc(/C=C2/N=C(c3cccc(F)c3)OC2=O)ccc1OC(=O)c1ccc(C)cc1. The van der Waals surface area contributed by atoms with E-state index in [4.69, 9.17) is 14.2 Å². The van der Waals surface area contributed by atoms with Gasteiger partial charge in [0.1, 0.15) is 5.82 Å². The van der Waals surface area contributed by atoms with Gasteiger partial charge >= 0.3 is 11.9 Å². The topological polar surface area (TPSA) is 74.2 Å². The molecule has 0 fully saturated rings. The number of cyclic esters (lactones) is 1. The van der Waals surface area contributed by atoms with Crippen molar-refractivity contribution >= 4 is 23.9 Å². The average molecular weight is 431 g/mol. The van der Waals surface area contributed by atoms with Gasteiger partial charge in [-0.3, -0.25) is 0 Å². The maximum Gasteiger partial charge on any atom is 0.363 e. The highest BCUT2D eigenvalue weighted by Gasteiger charge is 2.24. The molecular formula is C25H18FNO5. The van der Waals surface area contributed by atoms with E-state index in [1.54, 1.807) is 36.4 Å². The first-order valence-electron chi connectivity index (χ1n) is 9.68. The molecule has 7 heteroatoms. The highest BCUT2D eigenvalue weighted by Crippen LogP contribution is 2.30. The predicted molar refractivity (Wildman–Crippen MR) is 116 cm³/mol. The molecule has 0 saturated carbocycles. The summed E-state index contributed by atoms with van der Waals surface area (Å²) in [6.45, 7) is 1.93.